The van der Waals surface area contributed by atoms with E-state index in [1.807, 2.05) is 6.07 Å². The van der Waals surface area contributed by atoms with Crippen LogP contribution in [0.1, 0.15) is 24.1 Å². The molecule has 1 N–H and O–H groups in total. The van der Waals surface area contributed by atoms with Gasteiger partial charge in [0.1, 0.15) is 11.4 Å². The molecule has 1 aliphatic rings. The third kappa shape index (κ3) is 4.69. The number of nitrogens with zero attached hydrogens (tertiary/aromatic N) is 6. The van der Waals surface area contributed by atoms with Crippen LogP contribution >= 0.6 is 0 Å². The number of likely N-dealkylation sites (tertiary alicyclic amines) is 1. The predicted molar refractivity (Wildman–Crippen MR) is 117 cm³/mol. The Morgan fingerprint density at radius 3 is 2.78 bits per heavy atom. The fourth-order valence-corrected chi connectivity index (χ4v) is 3.76. The van der Waals surface area contributed by atoms with Gasteiger partial charge in [0, 0.05) is 57.5 Å². The zero-order chi connectivity index (χ0) is 22.7. The SMILES string of the molecule is Cn1cc(-n2ccc(=O)c(Cc3cccc(N(CCN4CCCC4=O)C(=O)O)c3)n2)cn1. The van der Waals surface area contributed by atoms with Crippen LogP contribution in [0.25, 0.3) is 5.69 Å². The molecule has 1 aliphatic heterocycles. The molecule has 3 heterocycles. The van der Waals surface area contributed by atoms with Crippen LogP contribution in [0.15, 0.2) is 53.7 Å². The van der Waals surface area contributed by atoms with E-state index < -0.39 is 6.09 Å². The second-order valence-corrected chi connectivity index (χ2v) is 7.71. The highest BCUT2D eigenvalue weighted by atomic mass is 16.4. The lowest BCUT2D eigenvalue weighted by atomic mass is 10.1. The first-order chi connectivity index (χ1) is 15.4. The van der Waals surface area contributed by atoms with Crippen LogP contribution in [-0.2, 0) is 18.3 Å². The van der Waals surface area contributed by atoms with E-state index in [0.717, 1.165) is 17.7 Å². The van der Waals surface area contributed by atoms with Crippen molar-refractivity contribution in [1.29, 1.82) is 0 Å². The van der Waals surface area contributed by atoms with Gasteiger partial charge in [0.2, 0.25) is 11.3 Å². The minimum Gasteiger partial charge on any atom is -0.465 e. The number of anilines is 1. The molecule has 0 unspecified atom stereocenters. The van der Waals surface area contributed by atoms with Gasteiger partial charge >= 0.3 is 6.09 Å². The van der Waals surface area contributed by atoms with Gasteiger partial charge in [0.25, 0.3) is 0 Å². The monoisotopic (exact) mass is 436 g/mol. The zero-order valence-corrected chi connectivity index (χ0v) is 17.7. The first-order valence-corrected chi connectivity index (χ1v) is 10.4. The van der Waals surface area contributed by atoms with Crippen LogP contribution in [0.3, 0.4) is 0 Å². The normalized spacial score (nSPS) is 13.5. The second kappa shape index (κ2) is 9.04. The summed E-state index contributed by atoms with van der Waals surface area (Å²) in [7, 11) is 1.80. The molecule has 0 bridgehead atoms. The van der Waals surface area contributed by atoms with Crippen LogP contribution in [0.2, 0.25) is 0 Å². The van der Waals surface area contributed by atoms with Crippen LogP contribution in [0, 0.1) is 0 Å². The number of hydrogen-bond acceptors (Lipinski definition) is 5. The Hall–Kier alpha value is -3.95. The lowest BCUT2D eigenvalue weighted by molar-refractivity contribution is -0.127. The molecule has 32 heavy (non-hydrogen) atoms. The Morgan fingerprint density at radius 2 is 2.09 bits per heavy atom. The lowest BCUT2D eigenvalue weighted by Gasteiger charge is -2.23. The molecule has 2 amide bonds. The van der Waals surface area contributed by atoms with Gasteiger partial charge in [-0.2, -0.15) is 10.2 Å². The van der Waals surface area contributed by atoms with Crippen molar-refractivity contribution in [3.63, 3.8) is 0 Å². The van der Waals surface area contributed by atoms with Gasteiger partial charge in [-0.15, -0.1) is 0 Å². The number of aryl methyl sites for hydroxylation is 1. The van der Waals surface area contributed by atoms with Crippen LogP contribution in [0.4, 0.5) is 10.5 Å². The van der Waals surface area contributed by atoms with Crippen LogP contribution in [-0.4, -0.2) is 61.2 Å². The highest BCUT2D eigenvalue weighted by Crippen LogP contribution is 2.19. The Balaban J connectivity index is 1.54. The van der Waals surface area contributed by atoms with Crippen molar-refractivity contribution >= 4 is 17.7 Å². The average molecular weight is 436 g/mol. The summed E-state index contributed by atoms with van der Waals surface area (Å²) in [4.78, 5) is 39.0. The molecule has 2 aromatic heterocycles. The molecule has 3 aromatic rings. The van der Waals surface area contributed by atoms with Crippen molar-refractivity contribution in [2.75, 3.05) is 24.5 Å². The number of carbonyl (C=O) groups is 2. The molecule has 0 saturated carbocycles. The minimum absolute atomic E-state index is 0.0594. The quantitative estimate of drug-likeness (QED) is 0.603. The Labute approximate surface area is 184 Å². The molecular weight excluding hydrogens is 412 g/mol. The number of amides is 2. The maximum absolute atomic E-state index is 12.4. The van der Waals surface area contributed by atoms with E-state index in [9.17, 15) is 19.5 Å². The standard InChI is InChI=1S/C22H24N6O4/c1-25-15-18(14-23-25)28-9-7-20(29)19(24-28)13-16-4-2-5-17(12-16)27(22(31)32)11-10-26-8-3-6-21(26)30/h2,4-5,7,9,12,14-15H,3,6,8,10-11,13H2,1H3,(H,31,32). The maximum Gasteiger partial charge on any atom is 0.411 e. The molecule has 0 radical (unpaired) electrons. The van der Waals surface area contributed by atoms with E-state index in [2.05, 4.69) is 10.2 Å². The molecule has 0 spiro atoms. The number of carbonyl (C=O) groups excluding carboxylic acids is 1. The smallest absolute Gasteiger partial charge is 0.411 e. The van der Waals surface area contributed by atoms with Gasteiger partial charge < -0.3 is 10.0 Å². The van der Waals surface area contributed by atoms with Gasteiger partial charge in [0.15, 0.2) is 0 Å². The van der Waals surface area contributed by atoms with Crippen molar-refractivity contribution in [2.24, 2.45) is 7.05 Å². The van der Waals surface area contributed by atoms with Crippen LogP contribution in [0.5, 0.6) is 0 Å². The highest BCUT2D eigenvalue weighted by Gasteiger charge is 2.22. The number of benzene rings is 1. The minimum atomic E-state index is -1.09. The van der Waals surface area contributed by atoms with E-state index in [4.69, 9.17) is 0 Å². The molecule has 4 rings (SSSR count). The highest BCUT2D eigenvalue weighted by molar-refractivity contribution is 5.86. The maximum atomic E-state index is 12.4. The van der Waals surface area contributed by atoms with Crippen molar-refractivity contribution < 1.29 is 14.7 Å². The summed E-state index contributed by atoms with van der Waals surface area (Å²) in [5.41, 5.74) is 2.14. The molecule has 1 aromatic carbocycles. The Morgan fingerprint density at radius 1 is 1.25 bits per heavy atom. The predicted octanol–water partition coefficient (Wildman–Crippen LogP) is 1.66. The van der Waals surface area contributed by atoms with Crippen molar-refractivity contribution in [1.82, 2.24) is 24.5 Å². The molecule has 0 atom stereocenters. The van der Waals surface area contributed by atoms with E-state index >= 15 is 0 Å². The zero-order valence-electron chi connectivity index (χ0n) is 17.7. The van der Waals surface area contributed by atoms with Gasteiger partial charge in [-0.3, -0.25) is 19.2 Å². The van der Waals surface area contributed by atoms with E-state index in [1.165, 1.54) is 11.0 Å². The number of carboxylic acid groups (broad SMARTS) is 1. The Bertz CT molecular complexity index is 1200. The summed E-state index contributed by atoms with van der Waals surface area (Å²) in [5, 5.41) is 18.3. The molecule has 10 nitrogen and oxygen atoms in total. The summed E-state index contributed by atoms with van der Waals surface area (Å²) in [6, 6.07) is 8.48. The third-order valence-electron chi connectivity index (χ3n) is 5.43. The molecular formula is C22H24N6O4. The number of rotatable bonds is 7. The lowest BCUT2D eigenvalue weighted by Crippen LogP contribution is -2.38. The van der Waals surface area contributed by atoms with E-state index in [0.29, 0.717) is 30.9 Å². The number of aromatic nitrogens is 4. The van der Waals surface area contributed by atoms with Gasteiger partial charge in [-0.05, 0) is 24.1 Å². The molecule has 1 saturated heterocycles. The van der Waals surface area contributed by atoms with Gasteiger partial charge in [-0.25, -0.2) is 9.48 Å². The summed E-state index contributed by atoms with van der Waals surface area (Å²) in [6.07, 6.45) is 5.52. The first kappa shape index (κ1) is 21.3. The topological polar surface area (TPSA) is 114 Å². The summed E-state index contributed by atoms with van der Waals surface area (Å²) in [5.74, 6) is 0.0594. The summed E-state index contributed by atoms with van der Waals surface area (Å²) < 4.78 is 3.23. The molecule has 166 valence electrons. The average Bonchev–Trinajstić information content (AvgIpc) is 3.38. The van der Waals surface area contributed by atoms with E-state index in [-0.39, 0.29) is 24.3 Å². The van der Waals surface area contributed by atoms with Gasteiger partial charge in [0.05, 0.1) is 12.4 Å². The summed E-state index contributed by atoms with van der Waals surface area (Å²) >= 11 is 0. The third-order valence-corrected chi connectivity index (χ3v) is 5.43. The largest absolute Gasteiger partial charge is 0.465 e. The molecule has 10 heteroatoms. The van der Waals surface area contributed by atoms with Gasteiger partial charge in [-0.1, -0.05) is 12.1 Å². The molecule has 1 fully saturated rings. The fourth-order valence-electron chi connectivity index (χ4n) is 3.76. The molecule has 0 aliphatic carbocycles. The first-order valence-electron chi connectivity index (χ1n) is 10.4. The van der Waals surface area contributed by atoms with Crippen LogP contribution < -0.4 is 10.3 Å². The Kier molecular flexibility index (Phi) is 6.02. The van der Waals surface area contributed by atoms with Crippen molar-refractivity contribution in [3.8, 4) is 5.69 Å². The second-order valence-electron chi connectivity index (χ2n) is 7.71. The van der Waals surface area contributed by atoms with Crippen molar-refractivity contribution in [3.05, 3.63) is 70.4 Å². The number of hydrogen-bond donors (Lipinski definition) is 1. The van der Waals surface area contributed by atoms with E-state index in [1.54, 1.807) is 58.1 Å². The summed E-state index contributed by atoms with van der Waals surface area (Å²) in [6.45, 7) is 1.20. The van der Waals surface area contributed by atoms with Crippen molar-refractivity contribution in [2.45, 2.75) is 19.3 Å². The fraction of sp³-hybridized carbons (Fsp3) is 0.318.